The highest BCUT2D eigenvalue weighted by atomic mass is 35.5. The van der Waals surface area contributed by atoms with Crippen LogP contribution in [-0.2, 0) is 6.42 Å². The Morgan fingerprint density at radius 3 is 2.84 bits per heavy atom. The van der Waals surface area contributed by atoms with Crippen molar-refractivity contribution in [2.75, 3.05) is 5.32 Å². The molecule has 0 saturated heterocycles. The minimum atomic E-state index is -0.303. The molecule has 1 amide bonds. The van der Waals surface area contributed by atoms with E-state index in [2.05, 4.69) is 10.3 Å². The monoisotopic (exact) mass is 387 g/mol. The first kappa shape index (κ1) is 17.4. The summed E-state index contributed by atoms with van der Waals surface area (Å²) in [6.45, 7) is 0. The Bertz CT molecular complexity index is 978. The highest BCUT2D eigenvalue weighted by molar-refractivity contribution is 7.15. The van der Waals surface area contributed by atoms with Gasteiger partial charge in [0.05, 0.1) is 11.6 Å². The molecule has 1 aromatic heterocycles. The van der Waals surface area contributed by atoms with Gasteiger partial charge in [0.15, 0.2) is 5.13 Å². The van der Waals surface area contributed by atoms with Gasteiger partial charge in [-0.05, 0) is 35.9 Å². The Morgan fingerprint density at radius 2 is 2.08 bits per heavy atom. The number of hydrogen-bond donors (Lipinski definition) is 1. The molecule has 0 spiro atoms. The molecule has 0 saturated carbocycles. The van der Waals surface area contributed by atoms with E-state index in [1.54, 1.807) is 36.5 Å². The maximum absolute atomic E-state index is 12.3. The van der Waals surface area contributed by atoms with Gasteiger partial charge in [-0.3, -0.25) is 10.1 Å². The van der Waals surface area contributed by atoms with E-state index >= 15 is 0 Å². The summed E-state index contributed by atoms with van der Waals surface area (Å²) in [7, 11) is 0. The molecule has 0 aliphatic heterocycles. The highest BCUT2D eigenvalue weighted by Gasteiger charge is 2.11. The number of carbonyl (C=O) groups is 1. The first-order valence-corrected chi connectivity index (χ1v) is 8.82. The molecule has 0 aliphatic rings. The Kier molecular flexibility index (Phi) is 5.34. The number of carbonyl (C=O) groups excluding carboxylic acids is 1. The summed E-state index contributed by atoms with van der Waals surface area (Å²) in [6, 6.07) is 13.9. The van der Waals surface area contributed by atoms with Gasteiger partial charge in [-0.2, -0.15) is 5.26 Å². The lowest BCUT2D eigenvalue weighted by Crippen LogP contribution is -2.11. The number of amides is 1. The van der Waals surface area contributed by atoms with E-state index < -0.39 is 0 Å². The number of rotatable bonds is 4. The molecule has 25 heavy (non-hydrogen) atoms. The normalized spacial score (nSPS) is 10.3. The van der Waals surface area contributed by atoms with Crippen LogP contribution >= 0.6 is 34.5 Å². The number of thiazole rings is 1. The molecule has 0 bridgehead atoms. The molecule has 7 heteroatoms. The third-order valence-corrected chi connectivity index (χ3v) is 4.91. The number of benzene rings is 2. The standard InChI is InChI=1S/C18H11Cl2N3OS/c19-14-5-4-12(16(20)8-14)7-15-10-22-18(25-15)23-17(24)13-3-1-2-11(6-13)9-21/h1-6,8,10H,7H2,(H,22,23,24). The van der Waals surface area contributed by atoms with Crippen molar-refractivity contribution in [1.82, 2.24) is 4.98 Å². The van der Waals surface area contributed by atoms with Crippen molar-refractivity contribution in [1.29, 1.82) is 5.26 Å². The highest BCUT2D eigenvalue weighted by Crippen LogP contribution is 2.27. The molecule has 1 N–H and O–H groups in total. The van der Waals surface area contributed by atoms with Gasteiger partial charge in [-0.1, -0.05) is 35.3 Å². The zero-order valence-corrected chi connectivity index (χ0v) is 15.1. The maximum Gasteiger partial charge on any atom is 0.257 e. The van der Waals surface area contributed by atoms with Crippen LogP contribution in [0.3, 0.4) is 0 Å². The predicted octanol–water partition coefficient (Wildman–Crippen LogP) is 5.16. The second kappa shape index (κ2) is 7.66. The number of nitrogens with one attached hydrogen (secondary N) is 1. The van der Waals surface area contributed by atoms with Crippen molar-refractivity contribution < 1.29 is 4.79 Å². The quantitative estimate of drug-likeness (QED) is 0.671. The van der Waals surface area contributed by atoms with Gasteiger partial charge in [-0.25, -0.2) is 4.98 Å². The van der Waals surface area contributed by atoms with Crippen molar-refractivity contribution in [2.45, 2.75) is 6.42 Å². The van der Waals surface area contributed by atoms with Crippen molar-refractivity contribution in [3.8, 4) is 6.07 Å². The van der Waals surface area contributed by atoms with Crippen LogP contribution in [0.4, 0.5) is 5.13 Å². The predicted molar refractivity (Wildman–Crippen MR) is 100 cm³/mol. The summed E-state index contributed by atoms with van der Waals surface area (Å²) in [5.74, 6) is -0.303. The van der Waals surface area contributed by atoms with Crippen LogP contribution in [0.1, 0.15) is 26.4 Å². The zero-order chi connectivity index (χ0) is 17.8. The van der Waals surface area contributed by atoms with Crippen molar-refractivity contribution in [3.63, 3.8) is 0 Å². The Morgan fingerprint density at radius 1 is 1.24 bits per heavy atom. The molecular formula is C18H11Cl2N3OS. The zero-order valence-electron chi connectivity index (χ0n) is 12.8. The molecule has 0 fully saturated rings. The van der Waals surface area contributed by atoms with Crippen LogP contribution in [-0.4, -0.2) is 10.9 Å². The van der Waals surface area contributed by atoms with Gasteiger partial charge in [-0.15, -0.1) is 11.3 Å². The van der Waals surface area contributed by atoms with Gasteiger partial charge in [0.1, 0.15) is 0 Å². The molecule has 3 rings (SSSR count). The molecule has 0 aliphatic carbocycles. The van der Waals surface area contributed by atoms with Crippen molar-refractivity contribution in [3.05, 3.63) is 80.3 Å². The maximum atomic E-state index is 12.3. The van der Waals surface area contributed by atoms with Gasteiger partial charge in [0.2, 0.25) is 0 Å². The summed E-state index contributed by atoms with van der Waals surface area (Å²) < 4.78 is 0. The molecule has 0 unspecified atom stereocenters. The van der Waals surface area contributed by atoms with E-state index in [9.17, 15) is 4.79 Å². The van der Waals surface area contributed by atoms with E-state index in [-0.39, 0.29) is 5.91 Å². The number of aromatic nitrogens is 1. The van der Waals surface area contributed by atoms with E-state index in [4.69, 9.17) is 28.5 Å². The third kappa shape index (κ3) is 4.37. The van der Waals surface area contributed by atoms with Crippen LogP contribution in [0, 0.1) is 11.3 Å². The van der Waals surface area contributed by atoms with Crippen molar-refractivity contribution >= 4 is 45.6 Å². The minimum Gasteiger partial charge on any atom is -0.298 e. The summed E-state index contributed by atoms with van der Waals surface area (Å²) in [4.78, 5) is 17.4. The lowest BCUT2D eigenvalue weighted by Gasteiger charge is -2.03. The van der Waals surface area contributed by atoms with Crippen LogP contribution in [0.15, 0.2) is 48.7 Å². The molecule has 2 aromatic carbocycles. The first-order chi connectivity index (χ1) is 12.0. The molecule has 1 heterocycles. The van der Waals surface area contributed by atoms with Crippen molar-refractivity contribution in [2.24, 2.45) is 0 Å². The summed E-state index contributed by atoms with van der Waals surface area (Å²) >= 11 is 13.5. The van der Waals surface area contributed by atoms with Crippen LogP contribution < -0.4 is 5.32 Å². The van der Waals surface area contributed by atoms with E-state index in [0.29, 0.717) is 32.7 Å². The van der Waals surface area contributed by atoms with Crippen LogP contribution in [0.25, 0.3) is 0 Å². The summed E-state index contributed by atoms with van der Waals surface area (Å²) in [5, 5.41) is 13.3. The Balaban J connectivity index is 1.71. The average molecular weight is 388 g/mol. The lowest BCUT2D eigenvalue weighted by atomic mass is 10.1. The molecule has 3 aromatic rings. The fourth-order valence-electron chi connectivity index (χ4n) is 2.20. The van der Waals surface area contributed by atoms with E-state index in [0.717, 1.165) is 10.4 Å². The van der Waals surface area contributed by atoms with Gasteiger partial charge >= 0.3 is 0 Å². The summed E-state index contributed by atoms with van der Waals surface area (Å²) in [5.41, 5.74) is 1.79. The van der Waals surface area contributed by atoms with Crippen LogP contribution in [0.2, 0.25) is 10.0 Å². The summed E-state index contributed by atoms with van der Waals surface area (Å²) in [6.07, 6.45) is 2.31. The molecule has 0 radical (unpaired) electrons. The largest absolute Gasteiger partial charge is 0.298 e. The SMILES string of the molecule is N#Cc1cccc(C(=O)Nc2ncc(Cc3ccc(Cl)cc3Cl)s2)c1. The molecule has 0 atom stereocenters. The van der Waals surface area contributed by atoms with Crippen LogP contribution in [0.5, 0.6) is 0 Å². The van der Waals surface area contributed by atoms with E-state index in [1.807, 2.05) is 12.1 Å². The molecule has 124 valence electrons. The fraction of sp³-hybridized carbons (Fsp3) is 0.0556. The molecular weight excluding hydrogens is 377 g/mol. The number of nitrogens with zero attached hydrogens (tertiary/aromatic N) is 2. The average Bonchev–Trinajstić information content (AvgIpc) is 3.04. The van der Waals surface area contributed by atoms with E-state index in [1.165, 1.54) is 17.4 Å². The van der Waals surface area contributed by atoms with Gasteiger partial charge in [0.25, 0.3) is 5.91 Å². The minimum absolute atomic E-state index is 0.303. The first-order valence-electron chi connectivity index (χ1n) is 7.25. The molecule has 4 nitrogen and oxygen atoms in total. The Labute approximate surface area is 158 Å². The van der Waals surface area contributed by atoms with Gasteiger partial charge < -0.3 is 0 Å². The second-order valence-corrected chi connectivity index (χ2v) is 7.15. The van der Waals surface area contributed by atoms with Gasteiger partial charge in [0, 0.05) is 33.1 Å². The smallest absolute Gasteiger partial charge is 0.257 e. The topological polar surface area (TPSA) is 65.8 Å². The fourth-order valence-corrected chi connectivity index (χ4v) is 3.50. The number of halogens is 2. The number of anilines is 1. The second-order valence-electron chi connectivity index (χ2n) is 5.19. The number of hydrogen-bond acceptors (Lipinski definition) is 4. The Hall–Kier alpha value is -2.39. The third-order valence-electron chi connectivity index (χ3n) is 3.41. The number of nitriles is 1. The lowest BCUT2D eigenvalue weighted by molar-refractivity contribution is 0.102.